The summed E-state index contributed by atoms with van der Waals surface area (Å²) >= 11 is 1.73. The summed E-state index contributed by atoms with van der Waals surface area (Å²) in [5, 5.41) is 16.2. The molecule has 6 rings (SSSR count). The Morgan fingerprint density at radius 1 is 0.963 bits per heavy atom. The highest BCUT2D eigenvalue weighted by molar-refractivity contribution is 7.18. The maximum Gasteiger partial charge on any atom is 0.147 e. The summed E-state index contributed by atoms with van der Waals surface area (Å²) in [6, 6.07) is 16.5. The van der Waals surface area contributed by atoms with E-state index in [9.17, 15) is 0 Å². The van der Waals surface area contributed by atoms with Gasteiger partial charge in [0.25, 0.3) is 0 Å². The van der Waals surface area contributed by atoms with Gasteiger partial charge in [-0.1, -0.05) is 24.3 Å². The summed E-state index contributed by atoms with van der Waals surface area (Å²) < 4.78 is 3.29. The fraction of sp³-hybridized carbons (Fsp3) is 0.0500. The minimum absolute atomic E-state index is 0.520. The van der Waals surface area contributed by atoms with E-state index < -0.39 is 0 Å². The molecule has 0 fully saturated rings. The van der Waals surface area contributed by atoms with Crippen LogP contribution in [0, 0.1) is 0 Å². The van der Waals surface area contributed by atoms with Crippen LogP contribution >= 0.6 is 11.3 Å². The summed E-state index contributed by atoms with van der Waals surface area (Å²) in [4.78, 5) is 9.54. The molecule has 4 heterocycles. The van der Waals surface area contributed by atoms with Crippen LogP contribution in [0.4, 0.5) is 0 Å². The van der Waals surface area contributed by atoms with Gasteiger partial charge in [0.15, 0.2) is 0 Å². The fourth-order valence-electron chi connectivity index (χ4n) is 3.54. The van der Waals surface area contributed by atoms with Crippen LogP contribution in [-0.2, 0) is 0 Å². The average molecular weight is 368 g/mol. The molecule has 6 nitrogen and oxygen atoms in total. The van der Waals surface area contributed by atoms with Gasteiger partial charge in [-0.2, -0.15) is 5.11 Å². The van der Waals surface area contributed by atoms with Crippen molar-refractivity contribution in [1.82, 2.24) is 14.5 Å². The number of nitrogens with zero attached hydrogens (tertiary/aromatic N) is 6. The normalized spacial score (nSPS) is 13.9. The first-order chi connectivity index (χ1) is 13.4. The van der Waals surface area contributed by atoms with Crippen molar-refractivity contribution >= 4 is 49.1 Å². The Kier molecular flexibility index (Phi) is 3.00. The quantitative estimate of drug-likeness (QED) is 0.442. The number of thiophene rings is 1. The van der Waals surface area contributed by atoms with E-state index in [-0.39, 0.29) is 0 Å². The largest absolute Gasteiger partial charge is 0.282 e. The van der Waals surface area contributed by atoms with Gasteiger partial charge in [0.05, 0.1) is 22.3 Å². The molecule has 3 aromatic heterocycles. The third kappa shape index (κ3) is 2.15. The Labute approximate surface area is 157 Å². The maximum atomic E-state index is 5.01. The third-order valence-electron chi connectivity index (χ3n) is 4.84. The van der Waals surface area contributed by atoms with Crippen molar-refractivity contribution in [1.29, 1.82) is 0 Å². The van der Waals surface area contributed by atoms with Gasteiger partial charge in [-0.05, 0) is 34.9 Å². The van der Waals surface area contributed by atoms with Crippen LogP contribution in [0.5, 0.6) is 0 Å². The lowest BCUT2D eigenvalue weighted by atomic mass is 10.1. The second-order valence-corrected chi connectivity index (χ2v) is 7.29. The van der Waals surface area contributed by atoms with Crippen LogP contribution in [0.25, 0.3) is 37.8 Å². The Hall–Kier alpha value is -3.45. The first-order valence-electron chi connectivity index (χ1n) is 8.56. The predicted molar refractivity (Wildman–Crippen MR) is 108 cm³/mol. The lowest BCUT2D eigenvalue weighted by Gasteiger charge is -2.09. The molecule has 0 unspecified atom stereocenters. The molecule has 2 aromatic carbocycles. The molecule has 1 aliphatic rings. The second-order valence-electron chi connectivity index (χ2n) is 6.37. The number of hydrogen-bond acceptors (Lipinski definition) is 6. The van der Waals surface area contributed by atoms with E-state index in [1.807, 2.05) is 24.5 Å². The number of para-hydroxylation sites is 2. The molecular weight excluding hydrogens is 356 g/mol. The number of aromatic nitrogens is 3. The van der Waals surface area contributed by atoms with Crippen LogP contribution in [0.1, 0.15) is 5.56 Å². The van der Waals surface area contributed by atoms with Crippen LogP contribution in [0.2, 0.25) is 0 Å². The van der Waals surface area contributed by atoms with Gasteiger partial charge in [0.1, 0.15) is 18.7 Å². The highest BCUT2D eigenvalue weighted by atomic mass is 32.1. The van der Waals surface area contributed by atoms with Gasteiger partial charge in [0, 0.05) is 21.0 Å². The Morgan fingerprint density at radius 2 is 1.93 bits per heavy atom. The predicted octanol–water partition coefficient (Wildman–Crippen LogP) is 4.96. The lowest BCUT2D eigenvalue weighted by molar-refractivity contribution is 1.05. The number of fused-ring (bicyclic) bond motifs is 4. The third-order valence-corrected chi connectivity index (χ3v) is 5.79. The monoisotopic (exact) mass is 368 g/mol. The average Bonchev–Trinajstić information content (AvgIpc) is 3.47. The van der Waals surface area contributed by atoms with Gasteiger partial charge in [-0.25, -0.2) is 9.97 Å². The smallest absolute Gasteiger partial charge is 0.147 e. The zero-order valence-electron chi connectivity index (χ0n) is 14.1. The van der Waals surface area contributed by atoms with Gasteiger partial charge >= 0.3 is 0 Å². The van der Waals surface area contributed by atoms with Crippen LogP contribution in [0.3, 0.4) is 0 Å². The zero-order chi connectivity index (χ0) is 17.8. The van der Waals surface area contributed by atoms with E-state index in [0.717, 1.165) is 44.4 Å². The summed E-state index contributed by atoms with van der Waals surface area (Å²) in [6.07, 6.45) is 1.85. The molecule has 0 bridgehead atoms. The zero-order valence-corrected chi connectivity index (χ0v) is 14.9. The standard InChI is InChI=1S/C20H12N6S/c1-2-4-18-15(3-1)21-11-26(18)20-14-7-8-27-19(14)13-6-5-12(9-16(13)23-20)17-10-22-25-24-17/h1-9,11H,10H2. The SMILES string of the molecule is c1ccc2c(c1)ncn2-c1nc2cc(C3=NN=NC3)ccc2c2sccc12. The topological polar surface area (TPSA) is 67.8 Å². The Bertz CT molecular complexity index is 1410. The highest BCUT2D eigenvalue weighted by Gasteiger charge is 2.15. The molecule has 0 spiro atoms. The molecule has 0 atom stereocenters. The Morgan fingerprint density at radius 3 is 2.85 bits per heavy atom. The fourth-order valence-corrected chi connectivity index (χ4v) is 4.47. The summed E-state index contributed by atoms with van der Waals surface area (Å²) in [6.45, 7) is 0.520. The molecule has 128 valence electrons. The molecule has 1 aliphatic heterocycles. The van der Waals surface area contributed by atoms with Gasteiger partial charge < -0.3 is 0 Å². The van der Waals surface area contributed by atoms with Gasteiger partial charge in [-0.3, -0.25) is 4.57 Å². The molecular formula is C20H12N6S. The van der Waals surface area contributed by atoms with Crippen molar-refractivity contribution in [3.63, 3.8) is 0 Å². The first-order valence-corrected chi connectivity index (χ1v) is 9.43. The van der Waals surface area contributed by atoms with E-state index in [4.69, 9.17) is 4.98 Å². The first kappa shape index (κ1) is 14.7. The number of benzene rings is 2. The molecule has 0 amide bonds. The van der Waals surface area contributed by atoms with E-state index in [2.05, 4.69) is 60.7 Å². The van der Waals surface area contributed by atoms with E-state index >= 15 is 0 Å². The molecule has 0 radical (unpaired) electrons. The molecule has 0 aliphatic carbocycles. The molecule has 0 N–H and O–H groups in total. The molecule has 7 heteroatoms. The molecule has 0 saturated heterocycles. The van der Waals surface area contributed by atoms with Crippen molar-refractivity contribution in [3.05, 3.63) is 65.8 Å². The minimum Gasteiger partial charge on any atom is -0.282 e. The summed E-state index contributed by atoms with van der Waals surface area (Å²) in [5.41, 5.74) is 4.83. The highest BCUT2D eigenvalue weighted by Crippen LogP contribution is 2.34. The second kappa shape index (κ2) is 5.52. The van der Waals surface area contributed by atoms with Crippen molar-refractivity contribution in [2.24, 2.45) is 15.4 Å². The molecule has 0 saturated carbocycles. The minimum atomic E-state index is 0.520. The van der Waals surface area contributed by atoms with E-state index in [1.54, 1.807) is 11.3 Å². The lowest BCUT2D eigenvalue weighted by Crippen LogP contribution is -2.02. The van der Waals surface area contributed by atoms with Crippen molar-refractivity contribution in [2.75, 3.05) is 6.54 Å². The van der Waals surface area contributed by atoms with Gasteiger partial charge in [0.2, 0.25) is 0 Å². The van der Waals surface area contributed by atoms with Gasteiger partial charge in [-0.15, -0.1) is 16.4 Å². The van der Waals surface area contributed by atoms with Crippen molar-refractivity contribution < 1.29 is 0 Å². The van der Waals surface area contributed by atoms with Crippen LogP contribution < -0.4 is 0 Å². The molecule has 5 aromatic rings. The van der Waals surface area contributed by atoms with Crippen LogP contribution in [0.15, 0.2) is 75.7 Å². The number of hydrogen-bond donors (Lipinski definition) is 0. The van der Waals surface area contributed by atoms with E-state index in [0.29, 0.717) is 6.54 Å². The Balaban J connectivity index is 1.66. The number of rotatable bonds is 2. The van der Waals surface area contributed by atoms with Crippen molar-refractivity contribution in [2.45, 2.75) is 0 Å². The number of imidazole rings is 1. The number of pyridine rings is 1. The summed E-state index contributed by atoms with van der Waals surface area (Å²) in [7, 11) is 0. The van der Waals surface area contributed by atoms with Crippen molar-refractivity contribution in [3.8, 4) is 5.82 Å². The summed E-state index contributed by atoms with van der Waals surface area (Å²) in [5.74, 6) is 0.896. The van der Waals surface area contributed by atoms with E-state index in [1.165, 1.54) is 4.70 Å². The maximum absolute atomic E-state index is 5.01. The molecule has 27 heavy (non-hydrogen) atoms. The van der Waals surface area contributed by atoms with Crippen LogP contribution in [-0.4, -0.2) is 26.8 Å².